The fraction of sp³-hybridized carbons (Fsp3) is 0.267. The maximum atomic E-state index is 12.8. The lowest BCUT2D eigenvalue weighted by molar-refractivity contribution is -0.130. The van der Waals surface area contributed by atoms with Crippen molar-refractivity contribution in [3.63, 3.8) is 0 Å². The van der Waals surface area contributed by atoms with Crippen molar-refractivity contribution in [3.05, 3.63) is 84.3 Å². The molecular weight excluding hydrogens is 476 g/mol. The Kier molecular flexibility index (Phi) is 13.4. The average Bonchev–Trinajstić information content (AvgIpc) is 2.92. The molecule has 8 nitrogen and oxygen atoms in total. The van der Waals surface area contributed by atoms with Crippen LogP contribution in [0.3, 0.4) is 0 Å². The number of aryl methyl sites for hydroxylation is 2. The van der Waals surface area contributed by atoms with Crippen LogP contribution in [0, 0.1) is 45.3 Å². The molecule has 0 atom stereocenters. The fourth-order valence-electron chi connectivity index (χ4n) is 3.84. The molecule has 38 heavy (non-hydrogen) atoms. The predicted octanol–water partition coefficient (Wildman–Crippen LogP) is 2.35. The third-order valence-electron chi connectivity index (χ3n) is 5.63. The SMILES string of the molecule is C=CCN(CC=C)C(=O)CCc1cc(=C(C#N)C#N)c(CCC(=O)N(CC=C)CC=C)cc1=C(C#N)C#N. The Labute approximate surface area is 223 Å². The number of rotatable bonds is 14. The zero-order chi connectivity index (χ0) is 28.5. The Morgan fingerprint density at radius 3 is 1.16 bits per heavy atom. The summed E-state index contributed by atoms with van der Waals surface area (Å²) < 4.78 is 0. The van der Waals surface area contributed by atoms with E-state index in [2.05, 4.69) is 26.3 Å². The van der Waals surface area contributed by atoms with E-state index in [1.54, 1.807) is 46.2 Å². The minimum atomic E-state index is -0.184. The van der Waals surface area contributed by atoms with Crippen molar-refractivity contribution in [1.82, 2.24) is 9.80 Å². The molecule has 0 bridgehead atoms. The smallest absolute Gasteiger partial charge is 0.223 e. The van der Waals surface area contributed by atoms with Crippen LogP contribution in [-0.4, -0.2) is 47.8 Å². The molecule has 0 saturated heterocycles. The van der Waals surface area contributed by atoms with Gasteiger partial charge in [0.2, 0.25) is 11.8 Å². The van der Waals surface area contributed by atoms with E-state index in [4.69, 9.17) is 0 Å². The van der Waals surface area contributed by atoms with Gasteiger partial charge >= 0.3 is 0 Å². The second kappa shape index (κ2) is 16.5. The summed E-state index contributed by atoms with van der Waals surface area (Å²) in [7, 11) is 0. The van der Waals surface area contributed by atoms with Crippen LogP contribution in [0.4, 0.5) is 0 Å². The second-order valence-electron chi connectivity index (χ2n) is 8.12. The van der Waals surface area contributed by atoms with Crippen LogP contribution in [0.2, 0.25) is 0 Å². The molecule has 0 aliphatic carbocycles. The number of benzene rings is 1. The minimum absolute atomic E-state index is 0.0581. The van der Waals surface area contributed by atoms with Gasteiger partial charge in [0.15, 0.2) is 0 Å². The number of hydrogen-bond donors (Lipinski definition) is 0. The van der Waals surface area contributed by atoms with Crippen molar-refractivity contribution >= 4 is 23.0 Å². The Bertz CT molecular complexity index is 1230. The van der Waals surface area contributed by atoms with Crippen LogP contribution in [0.15, 0.2) is 62.8 Å². The first-order valence-corrected chi connectivity index (χ1v) is 11.8. The van der Waals surface area contributed by atoms with Gasteiger partial charge < -0.3 is 9.80 Å². The Morgan fingerprint density at radius 2 is 0.921 bits per heavy atom. The topological polar surface area (TPSA) is 136 Å². The van der Waals surface area contributed by atoms with Crippen LogP contribution < -0.4 is 10.4 Å². The molecule has 0 aromatic heterocycles. The first kappa shape index (κ1) is 30.9. The summed E-state index contributed by atoms with van der Waals surface area (Å²) in [6.07, 6.45) is 6.85. The molecule has 0 aliphatic rings. The highest BCUT2D eigenvalue weighted by atomic mass is 16.2. The van der Waals surface area contributed by atoms with Crippen molar-refractivity contribution in [2.45, 2.75) is 25.7 Å². The first-order valence-electron chi connectivity index (χ1n) is 11.8. The number of nitriles is 4. The molecule has 1 aromatic rings. The molecular formula is C30H30N6O2. The van der Waals surface area contributed by atoms with E-state index >= 15 is 0 Å². The number of hydrogen-bond acceptors (Lipinski definition) is 6. The first-order chi connectivity index (χ1) is 18.3. The van der Waals surface area contributed by atoms with E-state index in [1.807, 2.05) is 24.3 Å². The molecule has 0 unspecified atom stereocenters. The molecule has 0 spiro atoms. The van der Waals surface area contributed by atoms with Gasteiger partial charge in [0.25, 0.3) is 0 Å². The highest BCUT2D eigenvalue weighted by Crippen LogP contribution is 2.08. The lowest BCUT2D eigenvalue weighted by atomic mass is 9.95. The molecule has 0 radical (unpaired) electrons. The van der Waals surface area contributed by atoms with Gasteiger partial charge in [-0.3, -0.25) is 9.59 Å². The Morgan fingerprint density at radius 1 is 0.632 bits per heavy atom. The highest BCUT2D eigenvalue weighted by molar-refractivity contribution is 5.79. The molecule has 0 fully saturated rings. The van der Waals surface area contributed by atoms with Gasteiger partial charge in [-0.2, -0.15) is 21.0 Å². The summed E-state index contributed by atoms with van der Waals surface area (Å²) in [5, 5.41) is 38.9. The van der Waals surface area contributed by atoms with E-state index in [9.17, 15) is 30.6 Å². The normalized spacial score (nSPS) is 9.37. The van der Waals surface area contributed by atoms with Gasteiger partial charge in [-0.1, -0.05) is 24.3 Å². The van der Waals surface area contributed by atoms with Crippen LogP contribution in [0.1, 0.15) is 24.0 Å². The summed E-state index contributed by atoms with van der Waals surface area (Å²) in [5.41, 5.74) is 0.607. The molecule has 2 amide bonds. The second-order valence-corrected chi connectivity index (χ2v) is 8.12. The summed E-state index contributed by atoms with van der Waals surface area (Å²) in [6.45, 7) is 16.0. The molecule has 8 heteroatoms. The third kappa shape index (κ3) is 8.49. The Hall–Kier alpha value is -5.18. The third-order valence-corrected chi connectivity index (χ3v) is 5.63. The van der Waals surface area contributed by atoms with Crippen molar-refractivity contribution in [2.75, 3.05) is 26.2 Å². The van der Waals surface area contributed by atoms with Gasteiger partial charge in [-0.25, -0.2) is 0 Å². The standard InChI is InChI=1S/C30H30N6O2/c1-5-13-35(14-6-2)29(37)11-9-23-17-28(26(21-33)22-34)24(18-27(23)25(19-31)20-32)10-12-30(38)36(15-7-3)16-8-4/h5-8,17-18H,1-4,9-16H2. The van der Waals surface area contributed by atoms with E-state index < -0.39 is 0 Å². The van der Waals surface area contributed by atoms with Crippen LogP contribution in [0.5, 0.6) is 0 Å². The van der Waals surface area contributed by atoms with E-state index in [-0.39, 0.29) is 48.6 Å². The van der Waals surface area contributed by atoms with Crippen LogP contribution in [-0.2, 0) is 22.4 Å². The molecule has 1 rings (SSSR count). The highest BCUT2D eigenvalue weighted by Gasteiger charge is 2.16. The van der Waals surface area contributed by atoms with Gasteiger partial charge in [-0.05, 0) is 36.1 Å². The number of amides is 2. The summed E-state index contributed by atoms with van der Waals surface area (Å²) >= 11 is 0. The van der Waals surface area contributed by atoms with Gasteiger partial charge in [0, 0.05) is 49.5 Å². The lowest BCUT2D eigenvalue weighted by Gasteiger charge is -2.20. The maximum absolute atomic E-state index is 12.8. The van der Waals surface area contributed by atoms with E-state index in [0.717, 1.165) is 0 Å². The fourth-order valence-corrected chi connectivity index (χ4v) is 3.84. The number of carbonyl (C=O) groups is 2. The van der Waals surface area contributed by atoms with Crippen LogP contribution in [0.25, 0.3) is 11.1 Å². The average molecular weight is 507 g/mol. The van der Waals surface area contributed by atoms with Gasteiger partial charge in [0.05, 0.1) is 0 Å². The van der Waals surface area contributed by atoms with Gasteiger partial charge in [0.1, 0.15) is 35.4 Å². The summed E-state index contributed by atoms with van der Waals surface area (Å²) in [5.74, 6) is -0.367. The van der Waals surface area contributed by atoms with E-state index in [1.165, 1.54) is 0 Å². The molecule has 0 aliphatic heterocycles. The lowest BCUT2D eigenvalue weighted by Crippen LogP contribution is -2.33. The predicted molar refractivity (Wildman–Crippen MR) is 146 cm³/mol. The minimum Gasteiger partial charge on any atom is -0.335 e. The van der Waals surface area contributed by atoms with Crippen molar-refractivity contribution in [2.24, 2.45) is 0 Å². The Balaban J connectivity index is 3.66. The van der Waals surface area contributed by atoms with Crippen molar-refractivity contribution in [1.29, 1.82) is 21.0 Å². The molecule has 192 valence electrons. The van der Waals surface area contributed by atoms with Gasteiger partial charge in [-0.15, -0.1) is 26.3 Å². The quantitative estimate of drug-likeness (QED) is 0.355. The van der Waals surface area contributed by atoms with Crippen LogP contribution >= 0.6 is 0 Å². The maximum Gasteiger partial charge on any atom is 0.223 e. The molecule has 0 saturated carbocycles. The number of carbonyl (C=O) groups excluding carboxylic acids is 2. The molecule has 1 aromatic carbocycles. The summed E-state index contributed by atoms with van der Waals surface area (Å²) in [4.78, 5) is 28.7. The zero-order valence-electron chi connectivity index (χ0n) is 21.4. The molecule has 0 N–H and O–H groups in total. The number of nitrogens with zero attached hydrogens (tertiary/aromatic N) is 6. The monoisotopic (exact) mass is 506 g/mol. The van der Waals surface area contributed by atoms with E-state index in [0.29, 0.717) is 47.7 Å². The van der Waals surface area contributed by atoms with Crippen molar-refractivity contribution < 1.29 is 9.59 Å². The van der Waals surface area contributed by atoms with Crippen molar-refractivity contribution in [3.8, 4) is 24.3 Å². The molecule has 0 heterocycles. The largest absolute Gasteiger partial charge is 0.335 e. The zero-order valence-corrected chi connectivity index (χ0v) is 21.4. The summed E-state index contributed by atoms with van der Waals surface area (Å²) in [6, 6.07) is 10.6.